The second kappa shape index (κ2) is 5.97. The van der Waals surface area contributed by atoms with Crippen LogP contribution in [0, 0.1) is 5.82 Å². The van der Waals surface area contributed by atoms with E-state index in [1.165, 1.54) is 12.1 Å². The summed E-state index contributed by atoms with van der Waals surface area (Å²) < 4.78 is 12.8. The summed E-state index contributed by atoms with van der Waals surface area (Å²) in [5.41, 5.74) is 6.09. The molecule has 1 amide bonds. The van der Waals surface area contributed by atoms with Crippen molar-refractivity contribution in [2.45, 2.75) is 25.3 Å². The van der Waals surface area contributed by atoms with Crippen LogP contribution in [0.1, 0.15) is 19.3 Å². The third kappa shape index (κ3) is 3.41. The molecule has 0 spiro atoms. The highest BCUT2D eigenvalue weighted by Crippen LogP contribution is 2.18. The van der Waals surface area contributed by atoms with Gasteiger partial charge in [-0.1, -0.05) is 0 Å². The Hall–Kier alpha value is -1.69. The summed E-state index contributed by atoms with van der Waals surface area (Å²) in [7, 11) is 0. The second-order valence-electron chi connectivity index (χ2n) is 4.54. The predicted molar refractivity (Wildman–Crippen MR) is 76.2 cm³/mol. The molecular weight excluding hydrogens is 265 g/mol. The van der Waals surface area contributed by atoms with Crippen molar-refractivity contribution in [1.82, 2.24) is 4.90 Å². The van der Waals surface area contributed by atoms with E-state index in [2.05, 4.69) is 5.32 Å². The minimum Gasteiger partial charge on any atom is -0.368 e. The van der Waals surface area contributed by atoms with Gasteiger partial charge >= 0.3 is 0 Å². The number of nitrogens with two attached hydrogens (primary N) is 1. The Kier molecular flexibility index (Phi) is 4.31. The Morgan fingerprint density at radius 3 is 2.68 bits per heavy atom. The zero-order chi connectivity index (χ0) is 13.8. The first-order chi connectivity index (χ1) is 9.08. The van der Waals surface area contributed by atoms with Crippen molar-refractivity contribution in [2.75, 3.05) is 11.9 Å². The van der Waals surface area contributed by atoms with Gasteiger partial charge in [-0.15, -0.1) is 0 Å². The van der Waals surface area contributed by atoms with E-state index in [0.29, 0.717) is 17.3 Å². The van der Waals surface area contributed by atoms with Gasteiger partial charge in [0.25, 0.3) is 0 Å². The number of piperidine rings is 1. The maximum Gasteiger partial charge on any atom is 0.240 e. The molecule has 2 rings (SSSR count). The number of nitrogens with zero attached hydrogens (tertiary/aromatic N) is 1. The molecule has 1 heterocycles. The van der Waals surface area contributed by atoms with E-state index in [-0.39, 0.29) is 17.8 Å². The number of primary amides is 1. The van der Waals surface area contributed by atoms with E-state index in [4.69, 9.17) is 18.0 Å². The number of hydrogen-bond acceptors (Lipinski definition) is 2. The lowest BCUT2D eigenvalue weighted by Crippen LogP contribution is -2.51. The molecule has 3 N–H and O–H groups in total. The van der Waals surface area contributed by atoms with Gasteiger partial charge in [-0.3, -0.25) is 4.79 Å². The Labute approximate surface area is 116 Å². The summed E-state index contributed by atoms with van der Waals surface area (Å²) in [5, 5.41) is 3.46. The quantitative estimate of drug-likeness (QED) is 0.812. The van der Waals surface area contributed by atoms with Crippen LogP contribution in [0.3, 0.4) is 0 Å². The Morgan fingerprint density at radius 2 is 2.05 bits per heavy atom. The van der Waals surface area contributed by atoms with Gasteiger partial charge in [-0.2, -0.15) is 0 Å². The van der Waals surface area contributed by atoms with E-state index in [9.17, 15) is 9.18 Å². The number of benzene rings is 1. The number of amides is 1. The molecule has 0 aliphatic carbocycles. The minimum atomic E-state index is -0.358. The molecule has 1 aromatic rings. The molecule has 0 radical (unpaired) electrons. The van der Waals surface area contributed by atoms with Crippen LogP contribution in [-0.2, 0) is 4.79 Å². The summed E-state index contributed by atoms with van der Waals surface area (Å²) in [4.78, 5) is 13.2. The molecule has 1 aromatic carbocycles. The molecule has 1 saturated heterocycles. The SMILES string of the molecule is NC(=O)[C@@H]1CCCCN1C(=S)Nc1ccc(F)cc1. The maximum atomic E-state index is 12.8. The molecule has 1 aliphatic rings. The number of hydrogen-bond donors (Lipinski definition) is 2. The first-order valence-electron chi connectivity index (χ1n) is 6.20. The third-order valence-corrected chi connectivity index (χ3v) is 3.52. The van der Waals surface area contributed by atoms with Crippen LogP contribution in [0.15, 0.2) is 24.3 Å². The number of thiocarbonyl (C=S) groups is 1. The number of halogens is 1. The molecular formula is C13H16FN3OS. The molecule has 102 valence electrons. The number of rotatable bonds is 2. The van der Waals surface area contributed by atoms with Gasteiger partial charge in [0.2, 0.25) is 5.91 Å². The van der Waals surface area contributed by atoms with Gasteiger partial charge in [-0.05, 0) is 55.7 Å². The number of carbonyl (C=O) groups excluding carboxylic acids is 1. The lowest BCUT2D eigenvalue weighted by Gasteiger charge is -2.35. The van der Waals surface area contributed by atoms with Crippen LogP contribution in [0.2, 0.25) is 0 Å². The smallest absolute Gasteiger partial charge is 0.240 e. The highest BCUT2D eigenvalue weighted by Gasteiger charge is 2.28. The fourth-order valence-electron chi connectivity index (χ4n) is 2.20. The third-order valence-electron chi connectivity index (χ3n) is 3.19. The van der Waals surface area contributed by atoms with Crippen LogP contribution in [-0.4, -0.2) is 28.5 Å². The number of nitrogens with one attached hydrogen (secondary N) is 1. The normalized spacial score (nSPS) is 19.0. The van der Waals surface area contributed by atoms with Crippen LogP contribution in [0.5, 0.6) is 0 Å². The molecule has 19 heavy (non-hydrogen) atoms. The average Bonchev–Trinajstić information content (AvgIpc) is 2.41. The lowest BCUT2D eigenvalue weighted by atomic mass is 10.0. The largest absolute Gasteiger partial charge is 0.368 e. The highest BCUT2D eigenvalue weighted by atomic mass is 32.1. The van der Waals surface area contributed by atoms with Gasteiger partial charge < -0.3 is 16.0 Å². The first-order valence-corrected chi connectivity index (χ1v) is 6.61. The molecule has 1 fully saturated rings. The van der Waals surface area contributed by atoms with Crippen molar-refractivity contribution in [2.24, 2.45) is 5.73 Å². The summed E-state index contributed by atoms with van der Waals surface area (Å²) in [6.07, 6.45) is 2.68. The second-order valence-corrected chi connectivity index (χ2v) is 4.93. The van der Waals surface area contributed by atoms with Gasteiger partial charge in [0.05, 0.1) is 0 Å². The highest BCUT2D eigenvalue weighted by molar-refractivity contribution is 7.80. The first kappa shape index (κ1) is 13.7. The van der Waals surface area contributed by atoms with Crippen molar-refractivity contribution in [1.29, 1.82) is 0 Å². The Morgan fingerprint density at radius 1 is 1.37 bits per heavy atom. The fourth-order valence-corrected chi connectivity index (χ4v) is 2.54. The Balaban J connectivity index is 2.05. The standard InChI is InChI=1S/C13H16FN3OS/c14-9-4-6-10(7-5-9)16-13(19)17-8-2-1-3-11(17)12(15)18/h4-7,11H,1-3,8H2,(H2,15,18)(H,16,19)/t11-/m0/s1. The van der Waals surface area contributed by atoms with Gasteiger partial charge in [0, 0.05) is 12.2 Å². The topological polar surface area (TPSA) is 58.4 Å². The van der Waals surface area contributed by atoms with E-state index in [1.807, 2.05) is 4.90 Å². The molecule has 1 atom stereocenters. The van der Waals surface area contributed by atoms with E-state index < -0.39 is 0 Å². The van der Waals surface area contributed by atoms with Crippen LogP contribution >= 0.6 is 12.2 Å². The molecule has 6 heteroatoms. The van der Waals surface area contributed by atoms with E-state index in [0.717, 1.165) is 19.3 Å². The molecule has 1 aliphatic heterocycles. The summed E-state index contributed by atoms with van der Waals surface area (Å²) in [6.45, 7) is 0.709. The molecule has 0 aromatic heterocycles. The maximum absolute atomic E-state index is 12.8. The molecule has 0 bridgehead atoms. The van der Waals surface area contributed by atoms with E-state index in [1.54, 1.807) is 12.1 Å². The number of anilines is 1. The van der Waals surface area contributed by atoms with Gasteiger partial charge in [-0.25, -0.2) is 4.39 Å². The zero-order valence-electron chi connectivity index (χ0n) is 10.4. The van der Waals surface area contributed by atoms with E-state index >= 15 is 0 Å². The minimum absolute atomic E-state index is 0.301. The average molecular weight is 281 g/mol. The number of likely N-dealkylation sites (tertiary alicyclic amines) is 1. The zero-order valence-corrected chi connectivity index (χ0v) is 11.3. The van der Waals surface area contributed by atoms with Crippen molar-refractivity contribution < 1.29 is 9.18 Å². The van der Waals surface area contributed by atoms with Crippen molar-refractivity contribution >= 4 is 28.9 Å². The number of carbonyl (C=O) groups is 1. The molecule has 0 saturated carbocycles. The van der Waals surface area contributed by atoms with Crippen LogP contribution in [0.25, 0.3) is 0 Å². The van der Waals surface area contributed by atoms with Crippen molar-refractivity contribution in [3.05, 3.63) is 30.1 Å². The van der Waals surface area contributed by atoms with Crippen LogP contribution in [0.4, 0.5) is 10.1 Å². The fraction of sp³-hybridized carbons (Fsp3) is 0.385. The van der Waals surface area contributed by atoms with Crippen molar-refractivity contribution in [3.8, 4) is 0 Å². The summed E-state index contributed by atoms with van der Waals surface area (Å²) in [6, 6.07) is 5.56. The molecule has 0 unspecified atom stereocenters. The lowest BCUT2D eigenvalue weighted by molar-refractivity contribution is -0.122. The van der Waals surface area contributed by atoms with Crippen LogP contribution < -0.4 is 11.1 Å². The molecule has 4 nitrogen and oxygen atoms in total. The predicted octanol–water partition coefficient (Wildman–Crippen LogP) is 1.86. The van der Waals surface area contributed by atoms with Crippen molar-refractivity contribution in [3.63, 3.8) is 0 Å². The summed E-state index contributed by atoms with van der Waals surface area (Å²) in [5.74, 6) is -0.660. The van der Waals surface area contributed by atoms with Gasteiger partial charge in [0.15, 0.2) is 5.11 Å². The Bertz CT molecular complexity index is 477. The van der Waals surface area contributed by atoms with Gasteiger partial charge in [0.1, 0.15) is 11.9 Å². The monoisotopic (exact) mass is 281 g/mol. The summed E-state index contributed by atoms with van der Waals surface area (Å²) >= 11 is 5.30.